The Morgan fingerprint density at radius 3 is 1.94 bits per heavy atom. The third kappa shape index (κ3) is 1.51. The maximum Gasteiger partial charge on any atom is 0.266 e. The molecular weight excluding hydrogens is 233 g/mol. The summed E-state index contributed by atoms with van der Waals surface area (Å²) in [4.78, 5) is 34.4. The second-order valence-corrected chi connectivity index (χ2v) is 6.70. The van der Waals surface area contributed by atoms with Crippen LogP contribution in [-0.4, -0.2) is 47.3 Å². The summed E-state index contributed by atoms with van der Waals surface area (Å²) < 4.78 is 14.2. The standard InChI is InChI=1S/C8H14N3O4P/c1-4-16(15)10(2)7(13)5(6(9)12)8(14)11(16)3/h5H,4H2,1-3H3,(H2,9,12). The van der Waals surface area contributed by atoms with Crippen LogP contribution in [0.25, 0.3) is 0 Å². The van der Waals surface area contributed by atoms with Crippen LogP contribution in [0.1, 0.15) is 6.92 Å². The summed E-state index contributed by atoms with van der Waals surface area (Å²) in [6, 6.07) is 0. The van der Waals surface area contributed by atoms with E-state index in [1.807, 2.05) is 0 Å². The van der Waals surface area contributed by atoms with Crippen molar-refractivity contribution in [3.05, 3.63) is 0 Å². The molecule has 90 valence electrons. The minimum Gasteiger partial charge on any atom is -0.369 e. The SMILES string of the molecule is CCP1(=O)N(C)C(=O)C(C(N)=O)C(=O)N1C. The first-order valence-electron chi connectivity index (χ1n) is 4.71. The van der Waals surface area contributed by atoms with Crippen LogP contribution in [0.3, 0.4) is 0 Å². The second kappa shape index (κ2) is 3.90. The molecule has 0 aromatic carbocycles. The van der Waals surface area contributed by atoms with E-state index in [1.54, 1.807) is 6.92 Å². The van der Waals surface area contributed by atoms with Crippen molar-refractivity contribution in [1.29, 1.82) is 0 Å². The van der Waals surface area contributed by atoms with Gasteiger partial charge in [0.1, 0.15) is 0 Å². The van der Waals surface area contributed by atoms with Crippen molar-refractivity contribution in [3.63, 3.8) is 0 Å². The fraction of sp³-hybridized carbons (Fsp3) is 0.625. The highest BCUT2D eigenvalue weighted by Crippen LogP contribution is 2.54. The van der Waals surface area contributed by atoms with Gasteiger partial charge in [-0.05, 0) is 0 Å². The zero-order valence-electron chi connectivity index (χ0n) is 9.34. The van der Waals surface area contributed by atoms with Gasteiger partial charge in [0.25, 0.3) is 19.3 Å². The lowest BCUT2D eigenvalue weighted by molar-refractivity contribution is -0.148. The molecule has 0 aliphatic carbocycles. The number of carbonyl (C=O) groups excluding carboxylic acids is 3. The maximum atomic E-state index is 12.3. The fourth-order valence-electron chi connectivity index (χ4n) is 1.66. The van der Waals surface area contributed by atoms with E-state index in [-0.39, 0.29) is 6.16 Å². The predicted octanol–water partition coefficient (Wildman–Crippen LogP) is -0.769. The molecule has 1 aliphatic heterocycles. The van der Waals surface area contributed by atoms with Crippen molar-refractivity contribution < 1.29 is 18.9 Å². The van der Waals surface area contributed by atoms with Gasteiger partial charge in [0, 0.05) is 20.3 Å². The van der Waals surface area contributed by atoms with E-state index < -0.39 is 31.1 Å². The molecule has 7 nitrogen and oxygen atoms in total. The highest BCUT2D eigenvalue weighted by Gasteiger charge is 2.51. The molecule has 1 saturated heterocycles. The molecule has 1 fully saturated rings. The van der Waals surface area contributed by atoms with Gasteiger partial charge in [-0.3, -0.25) is 28.3 Å². The van der Waals surface area contributed by atoms with Gasteiger partial charge in [0.2, 0.25) is 5.91 Å². The summed E-state index contributed by atoms with van der Waals surface area (Å²) in [7, 11) is -0.584. The van der Waals surface area contributed by atoms with E-state index in [1.165, 1.54) is 14.1 Å². The molecule has 0 bridgehead atoms. The number of nitrogens with two attached hydrogens (primary N) is 1. The molecule has 0 spiro atoms. The predicted molar refractivity (Wildman–Crippen MR) is 56.4 cm³/mol. The van der Waals surface area contributed by atoms with Crippen LogP contribution in [0, 0.1) is 5.92 Å². The molecular formula is C8H14N3O4P. The number of nitrogens with zero attached hydrogens (tertiary/aromatic N) is 2. The first-order chi connectivity index (χ1) is 7.27. The van der Waals surface area contributed by atoms with Gasteiger partial charge in [-0.25, -0.2) is 0 Å². The first kappa shape index (κ1) is 12.7. The van der Waals surface area contributed by atoms with Crippen LogP contribution in [0.5, 0.6) is 0 Å². The molecule has 8 heteroatoms. The summed E-state index contributed by atoms with van der Waals surface area (Å²) in [5.74, 6) is -4.15. The summed E-state index contributed by atoms with van der Waals surface area (Å²) >= 11 is 0. The van der Waals surface area contributed by atoms with Crippen molar-refractivity contribution in [3.8, 4) is 0 Å². The summed E-state index contributed by atoms with van der Waals surface area (Å²) in [5.41, 5.74) is 4.98. The molecule has 3 amide bonds. The Balaban J connectivity index is 3.25. The lowest BCUT2D eigenvalue weighted by Gasteiger charge is -2.40. The zero-order chi connectivity index (χ0) is 12.7. The average molecular weight is 247 g/mol. The van der Waals surface area contributed by atoms with Crippen molar-refractivity contribution in [2.45, 2.75) is 6.92 Å². The summed E-state index contributed by atoms with van der Waals surface area (Å²) in [6.45, 7) is 1.61. The molecule has 1 heterocycles. The Labute approximate surface area is 93.0 Å². The number of amides is 3. The van der Waals surface area contributed by atoms with Crippen LogP contribution in [0.4, 0.5) is 0 Å². The van der Waals surface area contributed by atoms with Gasteiger partial charge in [-0.15, -0.1) is 0 Å². The quantitative estimate of drug-likeness (QED) is 0.511. The average Bonchev–Trinajstić information content (AvgIpc) is 2.23. The van der Waals surface area contributed by atoms with E-state index in [4.69, 9.17) is 5.73 Å². The number of hydrogen-bond acceptors (Lipinski definition) is 4. The Bertz CT molecular complexity index is 382. The van der Waals surface area contributed by atoms with Gasteiger partial charge in [-0.1, -0.05) is 6.92 Å². The molecule has 0 unspecified atom stereocenters. The normalized spacial score (nSPS) is 30.8. The van der Waals surface area contributed by atoms with Gasteiger partial charge in [-0.2, -0.15) is 0 Å². The van der Waals surface area contributed by atoms with E-state index in [0.717, 1.165) is 9.34 Å². The number of rotatable bonds is 2. The third-order valence-corrected chi connectivity index (χ3v) is 5.86. The molecule has 16 heavy (non-hydrogen) atoms. The fourth-order valence-corrected chi connectivity index (χ4v) is 3.75. The first-order valence-corrected chi connectivity index (χ1v) is 6.51. The van der Waals surface area contributed by atoms with Crippen LogP contribution in [-0.2, 0) is 18.9 Å². The third-order valence-electron chi connectivity index (χ3n) is 2.77. The van der Waals surface area contributed by atoms with Crippen LogP contribution >= 0.6 is 7.44 Å². The summed E-state index contributed by atoms with van der Waals surface area (Å²) in [6.07, 6.45) is 0.142. The van der Waals surface area contributed by atoms with Crippen molar-refractivity contribution >= 4 is 25.2 Å². The van der Waals surface area contributed by atoms with Gasteiger partial charge in [0.15, 0.2) is 5.92 Å². The monoisotopic (exact) mass is 247 g/mol. The minimum absolute atomic E-state index is 0.142. The van der Waals surface area contributed by atoms with Crippen LogP contribution in [0.2, 0.25) is 0 Å². The minimum atomic E-state index is -3.21. The topological polar surface area (TPSA) is 101 Å². The molecule has 0 aromatic heterocycles. The molecule has 2 N–H and O–H groups in total. The summed E-state index contributed by atoms with van der Waals surface area (Å²) in [5, 5.41) is 0. The molecule has 0 saturated carbocycles. The van der Waals surface area contributed by atoms with Gasteiger partial charge < -0.3 is 5.73 Å². The lowest BCUT2D eigenvalue weighted by atomic mass is 10.1. The van der Waals surface area contributed by atoms with E-state index in [0.29, 0.717) is 0 Å². The highest BCUT2D eigenvalue weighted by atomic mass is 31.2. The Morgan fingerprint density at radius 2 is 1.69 bits per heavy atom. The Hall–Kier alpha value is -1.36. The van der Waals surface area contributed by atoms with E-state index >= 15 is 0 Å². The van der Waals surface area contributed by atoms with Crippen LogP contribution in [0.15, 0.2) is 0 Å². The van der Waals surface area contributed by atoms with Crippen molar-refractivity contribution in [2.75, 3.05) is 20.3 Å². The van der Waals surface area contributed by atoms with Crippen molar-refractivity contribution in [1.82, 2.24) is 9.34 Å². The molecule has 0 radical (unpaired) electrons. The smallest absolute Gasteiger partial charge is 0.266 e. The van der Waals surface area contributed by atoms with Gasteiger partial charge in [0.05, 0.1) is 0 Å². The van der Waals surface area contributed by atoms with Crippen LogP contribution < -0.4 is 5.73 Å². The van der Waals surface area contributed by atoms with E-state index in [9.17, 15) is 18.9 Å². The zero-order valence-corrected chi connectivity index (χ0v) is 10.2. The highest BCUT2D eigenvalue weighted by molar-refractivity contribution is 7.60. The molecule has 0 atom stereocenters. The van der Waals surface area contributed by atoms with Crippen molar-refractivity contribution in [2.24, 2.45) is 11.7 Å². The lowest BCUT2D eigenvalue weighted by Crippen LogP contribution is -2.54. The number of hydrogen-bond donors (Lipinski definition) is 1. The maximum absolute atomic E-state index is 12.3. The molecule has 1 rings (SSSR count). The molecule has 1 aliphatic rings. The largest absolute Gasteiger partial charge is 0.369 e. The van der Waals surface area contributed by atoms with Gasteiger partial charge >= 0.3 is 0 Å². The second-order valence-electron chi connectivity index (χ2n) is 3.54. The van der Waals surface area contributed by atoms with E-state index in [2.05, 4.69) is 0 Å². The Kier molecular flexibility index (Phi) is 3.10. The number of carbonyl (C=O) groups is 3. The number of primary amides is 1. The Morgan fingerprint density at radius 1 is 1.31 bits per heavy atom. The molecule has 0 aromatic rings.